The van der Waals surface area contributed by atoms with Crippen LogP contribution in [0.15, 0.2) is 36.4 Å². The number of fused-ring (bicyclic) bond motifs is 1. The Morgan fingerprint density at radius 2 is 1.72 bits per heavy atom. The van der Waals surface area contributed by atoms with Gasteiger partial charge in [-0.1, -0.05) is 6.07 Å². The van der Waals surface area contributed by atoms with Crippen LogP contribution in [-0.2, 0) is 17.8 Å². The number of hydrogen-bond donors (Lipinski definition) is 1. The third kappa shape index (κ3) is 5.19. The van der Waals surface area contributed by atoms with Crippen LogP contribution in [0.1, 0.15) is 21.5 Å². The molecule has 0 bridgehead atoms. The highest BCUT2D eigenvalue weighted by atomic mass is 32.2. The standard InChI is InChI=1S/C24H29N3O4S/c1-30-21-13-17-6-7-26(15-19(17)14-22(21)31-2)16-23(28)25-20-5-3-4-18(12-20)24(29)27-8-10-32-11-9-27/h3-5,12-14H,6-11,15-16H2,1-2H3,(H,25,28). The summed E-state index contributed by atoms with van der Waals surface area (Å²) in [5, 5.41) is 2.95. The molecule has 2 aromatic carbocycles. The Balaban J connectivity index is 1.37. The first-order valence-electron chi connectivity index (χ1n) is 10.8. The van der Waals surface area contributed by atoms with E-state index in [0.29, 0.717) is 23.5 Å². The summed E-state index contributed by atoms with van der Waals surface area (Å²) in [5.41, 5.74) is 3.63. The number of carbonyl (C=O) groups excluding carboxylic acids is 2. The Kier molecular flexibility index (Phi) is 7.22. The molecule has 2 aromatic rings. The van der Waals surface area contributed by atoms with Gasteiger partial charge in [-0.3, -0.25) is 14.5 Å². The highest BCUT2D eigenvalue weighted by Gasteiger charge is 2.22. The van der Waals surface area contributed by atoms with Crippen molar-refractivity contribution in [2.75, 3.05) is 57.2 Å². The fourth-order valence-corrected chi connectivity index (χ4v) is 5.06. The Bertz CT molecular complexity index is 991. The second-order valence-electron chi connectivity index (χ2n) is 7.97. The maximum absolute atomic E-state index is 12.7. The molecule has 2 aliphatic rings. The maximum atomic E-state index is 12.7. The SMILES string of the molecule is COc1cc2c(cc1OC)CN(CC(=O)Nc1cccc(C(=O)N3CCSCC3)c1)CC2. The highest BCUT2D eigenvalue weighted by molar-refractivity contribution is 7.99. The van der Waals surface area contributed by atoms with Crippen LogP contribution in [0.4, 0.5) is 5.69 Å². The molecule has 0 aliphatic carbocycles. The number of anilines is 1. The van der Waals surface area contributed by atoms with E-state index >= 15 is 0 Å². The molecule has 7 nitrogen and oxygen atoms in total. The van der Waals surface area contributed by atoms with Crippen LogP contribution in [0.25, 0.3) is 0 Å². The minimum Gasteiger partial charge on any atom is -0.493 e. The average Bonchev–Trinajstić information content (AvgIpc) is 2.83. The third-order valence-electron chi connectivity index (χ3n) is 5.86. The lowest BCUT2D eigenvalue weighted by Gasteiger charge is -2.29. The number of amides is 2. The molecule has 32 heavy (non-hydrogen) atoms. The summed E-state index contributed by atoms with van der Waals surface area (Å²) in [6.45, 7) is 3.30. The van der Waals surface area contributed by atoms with Gasteiger partial charge in [-0.2, -0.15) is 11.8 Å². The van der Waals surface area contributed by atoms with E-state index in [9.17, 15) is 9.59 Å². The molecule has 4 rings (SSSR count). The number of rotatable bonds is 6. The van der Waals surface area contributed by atoms with Gasteiger partial charge in [0, 0.05) is 48.9 Å². The molecule has 8 heteroatoms. The van der Waals surface area contributed by atoms with E-state index in [0.717, 1.165) is 48.9 Å². The normalized spacial score (nSPS) is 16.2. The fraction of sp³-hybridized carbons (Fsp3) is 0.417. The van der Waals surface area contributed by atoms with Crippen molar-refractivity contribution in [3.05, 3.63) is 53.1 Å². The van der Waals surface area contributed by atoms with Crippen molar-refractivity contribution < 1.29 is 19.1 Å². The van der Waals surface area contributed by atoms with Crippen molar-refractivity contribution in [1.29, 1.82) is 0 Å². The molecular weight excluding hydrogens is 426 g/mol. The molecule has 0 atom stereocenters. The topological polar surface area (TPSA) is 71.1 Å². The molecular formula is C24H29N3O4S. The molecule has 2 amide bonds. The zero-order valence-corrected chi connectivity index (χ0v) is 19.4. The molecule has 1 fully saturated rings. The van der Waals surface area contributed by atoms with Crippen molar-refractivity contribution in [3.63, 3.8) is 0 Å². The van der Waals surface area contributed by atoms with E-state index in [4.69, 9.17) is 9.47 Å². The summed E-state index contributed by atoms with van der Waals surface area (Å²) in [7, 11) is 3.26. The van der Waals surface area contributed by atoms with Gasteiger partial charge < -0.3 is 19.7 Å². The monoisotopic (exact) mass is 455 g/mol. The summed E-state index contributed by atoms with van der Waals surface area (Å²) in [5.74, 6) is 3.31. The summed E-state index contributed by atoms with van der Waals surface area (Å²) >= 11 is 1.87. The highest BCUT2D eigenvalue weighted by Crippen LogP contribution is 2.33. The Morgan fingerprint density at radius 3 is 2.44 bits per heavy atom. The number of carbonyl (C=O) groups is 2. The van der Waals surface area contributed by atoms with Gasteiger partial charge in [-0.25, -0.2) is 0 Å². The molecule has 1 saturated heterocycles. The Hall–Kier alpha value is -2.71. The molecule has 170 valence electrons. The van der Waals surface area contributed by atoms with Crippen molar-refractivity contribution >= 4 is 29.3 Å². The number of hydrogen-bond acceptors (Lipinski definition) is 6. The quantitative estimate of drug-likeness (QED) is 0.722. The fourth-order valence-electron chi connectivity index (χ4n) is 4.16. The lowest BCUT2D eigenvalue weighted by Crippen LogP contribution is -2.38. The first-order valence-corrected chi connectivity index (χ1v) is 12.0. The maximum Gasteiger partial charge on any atom is 0.253 e. The first kappa shape index (κ1) is 22.5. The van der Waals surface area contributed by atoms with Crippen molar-refractivity contribution in [1.82, 2.24) is 9.80 Å². The van der Waals surface area contributed by atoms with E-state index in [2.05, 4.69) is 10.2 Å². The van der Waals surface area contributed by atoms with Crippen LogP contribution < -0.4 is 14.8 Å². The van der Waals surface area contributed by atoms with Gasteiger partial charge in [-0.05, 0) is 47.9 Å². The number of nitrogens with zero attached hydrogens (tertiary/aromatic N) is 2. The number of thioether (sulfide) groups is 1. The average molecular weight is 456 g/mol. The van der Waals surface area contributed by atoms with Crippen molar-refractivity contribution in [2.24, 2.45) is 0 Å². The molecule has 0 radical (unpaired) electrons. The lowest BCUT2D eigenvalue weighted by molar-refractivity contribution is -0.117. The summed E-state index contributed by atoms with van der Waals surface area (Å²) < 4.78 is 10.8. The molecule has 2 heterocycles. The zero-order valence-electron chi connectivity index (χ0n) is 18.6. The molecule has 2 aliphatic heterocycles. The molecule has 0 spiro atoms. The lowest BCUT2D eigenvalue weighted by atomic mass is 9.99. The third-order valence-corrected chi connectivity index (χ3v) is 6.80. The smallest absolute Gasteiger partial charge is 0.253 e. The molecule has 0 aromatic heterocycles. The van der Waals surface area contributed by atoms with E-state index in [-0.39, 0.29) is 18.4 Å². The van der Waals surface area contributed by atoms with Crippen LogP contribution in [0.5, 0.6) is 11.5 Å². The number of benzene rings is 2. The van der Waals surface area contributed by atoms with Gasteiger partial charge in [0.15, 0.2) is 11.5 Å². The summed E-state index contributed by atoms with van der Waals surface area (Å²) in [4.78, 5) is 29.4. The number of nitrogens with one attached hydrogen (secondary N) is 1. The molecule has 0 saturated carbocycles. The van der Waals surface area contributed by atoms with Gasteiger partial charge in [0.2, 0.25) is 5.91 Å². The summed E-state index contributed by atoms with van der Waals surface area (Å²) in [6.07, 6.45) is 0.848. The van der Waals surface area contributed by atoms with Crippen LogP contribution in [0, 0.1) is 0 Å². The zero-order chi connectivity index (χ0) is 22.5. The minimum absolute atomic E-state index is 0.0263. The summed E-state index contributed by atoms with van der Waals surface area (Å²) in [6, 6.07) is 11.2. The van der Waals surface area contributed by atoms with E-state index in [1.54, 1.807) is 20.3 Å². The van der Waals surface area contributed by atoms with Crippen LogP contribution in [0.2, 0.25) is 0 Å². The predicted octanol–water partition coefficient (Wildman–Crippen LogP) is 2.89. The molecule has 0 unspecified atom stereocenters. The second kappa shape index (κ2) is 10.3. The van der Waals surface area contributed by atoms with Gasteiger partial charge in [0.05, 0.1) is 20.8 Å². The largest absolute Gasteiger partial charge is 0.493 e. The van der Waals surface area contributed by atoms with Gasteiger partial charge in [0.25, 0.3) is 5.91 Å². The Morgan fingerprint density at radius 1 is 1.00 bits per heavy atom. The van der Waals surface area contributed by atoms with Crippen LogP contribution in [-0.4, -0.2) is 73.5 Å². The van der Waals surface area contributed by atoms with E-state index in [1.165, 1.54) is 5.56 Å². The first-order chi connectivity index (χ1) is 15.6. The van der Waals surface area contributed by atoms with Crippen LogP contribution in [0.3, 0.4) is 0 Å². The van der Waals surface area contributed by atoms with Gasteiger partial charge in [0.1, 0.15) is 0 Å². The van der Waals surface area contributed by atoms with Gasteiger partial charge >= 0.3 is 0 Å². The number of ether oxygens (including phenoxy) is 2. The van der Waals surface area contributed by atoms with Gasteiger partial charge in [-0.15, -0.1) is 0 Å². The van der Waals surface area contributed by atoms with Crippen LogP contribution >= 0.6 is 11.8 Å². The van der Waals surface area contributed by atoms with Crippen molar-refractivity contribution in [3.8, 4) is 11.5 Å². The predicted molar refractivity (Wildman–Crippen MR) is 127 cm³/mol. The van der Waals surface area contributed by atoms with Crippen molar-refractivity contribution in [2.45, 2.75) is 13.0 Å². The number of methoxy groups -OCH3 is 2. The molecule has 1 N–H and O–H groups in total. The van der Waals surface area contributed by atoms with E-state index < -0.39 is 0 Å². The Labute approximate surface area is 193 Å². The second-order valence-corrected chi connectivity index (χ2v) is 9.19. The van der Waals surface area contributed by atoms with E-state index in [1.807, 2.05) is 47.0 Å². The minimum atomic E-state index is -0.0899.